The Kier molecular flexibility index (Phi) is 8.46. The second-order valence-electron chi connectivity index (χ2n) is 5.82. The molecule has 2 rings (SSSR count). The molecule has 0 bridgehead atoms. The molecule has 1 aliphatic rings. The summed E-state index contributed by atoms with van der Waals surface area (Å²) in [6, 6.07) is 9.61. The SMILES string of the molecule is CCNCC1CCN(C(C)C(=O)Nc2ccccc2)CC1.Cl. The van der Waals surface area contributed by atoms with Gasteiger partial charge in [0.15, 0.2) is 0 Å². The summed E-state index contributed by atoms with van der Waals surface area (Å²) in [5, 5.41) is 6.41. The predicted octanol–water partition coefficient (Wildman–Crippen LogP) is 2.76. The van der Waals surface area contributed by atoms with E-state index >= 15 is 0 Å². The number of hydrogen-bond donors (Lipinski definition) is 2. The number of para-hydroxylation sites is 1. The van der Waals surface area contributed by atoms with Gasteiger partial charge in [0.25, 0.3) is 0 Å². The Morgan fingerprint density at radius 1 is 1.27 bits per heavy atom. The molecule has 4 nitrogen and oxygen atoms in total. The molecule has 2 N–H and O–H groups in total. The number of rotatable bonds is 6. The van der Waals surface area contributed by atoms with E-state index in [-0.39, 0.29) is 24.4 Å². The Balaban J connectivity index is 0.00000242. The highest BCUT2D eigenvalue weighted by Crippen LogP contribution is 2.19. The fraction of sp³-hybridized carbons (Fsp3) is 0.588. The third-order valence-corrected chi connectivity index (χ3v) is 4.30. The van der Waals surface area contributed by atoms with Gasteiger partial charge in [-0.2, -0.15) is 0 Å². The number of amides is 1. The topological polar surface area (TPSA) is 44.4 Å². The predicted molar refractivity (Wildman–Crippen MR) is 94.6 cm³/mol. The quantitative estimate of drug-likeness (QED) is 0.845. The summed E-state index contributed by atoms with van der Waals surface area (Å²) in [6.07, 6.45) is 2.35. The van der Waals surface area contributed by atoms with Crippen molar-refractivity contribution in [2.45, 2.75) is 32.7 Å². The summed E-state index contributed by atoms with van der Waals surface area (Å²) >= 11 is 0. The van der Waals surface area contributed by atoms with Crippen LogP contribution in [0.15, 0.2) is 30.3 Å². The number of piperidine rings is 1. The van der Waals surface area contributed by atoms with Crippen molar-refractivity contribution >= 4 is 24.0 Å². The third-order valence-electron chi connectivity index (χ3n) is 4.30. The van der Waals surface area contributed by atoms with Gasteiger partial charge in [0.2, 0.25) is 5.91 Å². The van der Waals surface area contributed by atoms with Gasteiger partial charge in [-0.1, -0.05) is 25.1 Å². The molecule has 1 aromatic rings. The monoisotopic (exact) mass is 325 g/mol. The maximum Gasteiger partial charge on any atom is 0.241 e. The summed E-state index contributed by atoms with van der Waals surface area (Å²) in [5.41, 5.74) is 0.872. The lowest BCUT2D eigenvalue weighted by molar-refractivity contribution is -0.121. The van der Waals surface area contributed by atoms with Crippen molar-refractivity contribution in [1.82, 2.24) is 10.2 Å². The van der Waals surface area contributed by atoms with E-state index in [4.69, 9.17) is 0 Å². The van der Waals surface area contributed by atoms with Gasteiger partial charge < -0.3 is 10.6 Å². The van der Waals surface area contributed by atoms with Crippen molar-refractivity contribution in [2.75, 3.05) is 31.5 Å². The normalized spacial score (nSPS) is 17.5. The van der Waals surface area contributed by atoms with Crippen LogP contribution in [0.1, 0.15) is 26.7 Å². The van der Waals surface area contributed by atoms with Crippen LogP contribution < -0.4 is 10.6 Å². The molecule has 22 heavy (non-hydrogen) atoms. The molecule has 0 aromatic heterocycles. The van der Waals surface area contributed by atoms with Crippen LogP contribution >= 0.6 is 12.4 Å². The standard InChI is InChI=1S/C17H27N3O.ClH/c1-3-18-13-15-9-11-20(12-10-15)14(2)17(21)19-16-7-5-4-6-8-16;/h4-8,14-15,18H,3,9-13H2,1-2H3,(H,19,21);1H. The molecule has 0 saturated carbocycles. The van der Waals surface area contributed by atoms with Gasteiger partial charge in [-0.3, -0.25) is 9.69 Å². The maximum absolute atomic E-state index is 12.3. The van der Waals surface area contributed by atoms with Gasteiger partial charge in [-0.15, -0.1) is 12.4 Å². The molecule has 1 aromatic carbocycles. The average molecular weight is 326 g/mol. The Labute approximate surface area is 140 Å². The molecule has 1 heterocycles. The van der Waals surface area contributed by atoms with E-state index in [2.05, 4.69) is 22.5 Å². The van der Waals surface area contributed by atoms with E-state index in [0.29, 0.717) is 0 Å². The lowest BCUT2D eigenvalue weighted by Crippen LogP contribution is -2.47. The number of halogens is 1. The molecule has 1 unspecified atom stereocenters. The molecule has 1 atom stereocenters. The average Bonchev–Trinajstić information content (AvgIpc) is 2.53. The second-order valence-corrected chi connectivity index (χ2v) is 5.82. The number of nitrogens with zero attached hydrogens (tertiary/aromatic N) is 1. The number of anilines is 1. The van der Waals surface area contributed by atoms with Crippen LogP contribution in [-0.4, -0.2) is 43.0 Å². The molecule has 124 valence electrons. The van der Waals surface area contributed by atoms with Gasteiger partial charge in [-0.05, 0) is 64.0 Å². The number of carbonyl (C=O) groups excluding carboxylic acids is 1. The molecular formula is C17H28ClN3O. The van der Waals surface area contributed by atoms with Gasteiger partial charge >= 0.3 is 0 Å². The van der Waals surface area contributed by atoms with Crippen molar-refractivity contribution in [3.8, 4) is 0 Å². The number of likely N-dealkylation sites (tertiary alicyclic amines) is 1. The Hall–Kier alpha value is -1.10. The van der Waals surface area contributed by atoms with Crippen molar-refractivity contribution < 1.29 is 4.79 Å². The minimum Gasteiger partial charge on any atom is -0.325 e. The smallest absolute Gasteiger partial charge is 0.241 e. The van der Waals surface area contributed by atoms with Crippen LogP contribution in [0, 0.1) is 5.92 Å². The molecule has 1 amide bonds. The van der Waals surface area contributed by atoms with E-state index < -0.39 is 0 Å². The van der Waals surface area contributed by atoms with Gasteiger partial charge in [0.05, 0.1) is 6.04 Å². The molecule has 1 saturated heterocycles. The summed E-state index contributed by atoms with van der Waals surface area (Å²) in [4.78, 5) is 14.6. The first-order chi connectivity index (χ1) is 10.2. The van der Waals surface area contributed by atoms with Crippen LogP contribution in [0.2, 0.25) is 0 Å². The van der Waals surface area contributed by atoms with E-state index in [1.54, 1.807) is 0 Å². The van der Waals surface area contributed by atoms with Gasteiger partial charge in [0, 0.05) is 5.69 Å². The summed E-state index contributed by atoms with van der Waals surface area (Å²) < 4.78 is 0. The number of hydrogen-bond acceptors (Lipinski definition) is 3. The molecule has 5 heteroatoms. The Bertz CT molecular complexity index is 433. The summed E-state index contributed by atoms with van der Waals surface area (Å²) in [6.45, 7) is 8.32. The second kappa shape index (κ2) is 9.82. The lowest BCUT2D eigenvalue weighted by atomic mass is 9.95. The fourth-order valence-corrected chi connectivity index (χ4v) is 2.83. The van der Waals surface area contributed by atoms with E-state index in [9.17, 15) is 4.79 Å². The zero-order chi connectivity index (χ0) is 15.1. The molecular weight excluding hydrogens is 298 g/mol. The maximum atomic E-state index is 12.3. The Morgan fingerprint density at radius 2 is 1.91 bits per heavy atom. The first kappa shape index (κ1) is 18.9. The van der Waals surface area contributed by atoms with Crippen LogP contribution in [-0.2, 0) is 4.79 Å². The number of nitrogens with one attached hydrogen (secondary N) is 2. The van der Waals surface area contributed by atoms with Crippen LogP contribution in [0.4, 0.5) is 5.69 Å². The van der Waals surface area contributed by atoms with Gasteiger partial charge in [0.1, 0.15) is 0 Å². The highest BCUT2D eigenvalue weighted by molar-refractivity contribution is 5.94. The van der Waals surface area contributed by atoms with Crippen molar-refractivity contribution in [2.24, 2.45) is 5.92 Å². The van der Waals surface area contributed by atoms with E-state index in [1.807, 2.05) is 37.3 Å². The molecule has 0 spiro atoms. The van der Waals surface area contributed by atoms with Crippen LogP contribution in [0.3, 0.4) is 0 Å². The Morgan fingerprint density at radius 3 is 2.50 bits per heavy atom. The minimum atomic E-state index is -0.0645. The third kappa shape index (κ3) is 5.59. The number of benzene rings is 1. The highest BCUT2D eigenvalue weighted by Gasteiger charge is 2.26. The van der Waals surface area contributed by atoms with E-state index in [1.165, 1.54) is 12.8 Å². The molecule has 1 aliphatic heterocycles. The minimum absolute atomic E-state index is 0. The van der Waals surface area contributed by atoms with Crippen molar-refractivity contribution in [1.29, 1.82) is 0 Å². The largest absolute Gasteiger partial charge is 0.325 e. The number of carbonyl (C=O) groups is 1. The molecule has 0 radical (unpaired) electrons. The molecule has 0 aliphatic carbocycles. The van der Waals surface area contributed by atoms with Crippen LogP contribution in [0.5, 0.6) is 0 Å². The zero-order valence-corrected chi connectivity index (χ0v) is 14.4. The zero-order valence-electron chi connectivity index (χ0n) is 13.5. The molecule has 1 fully saturated rings. The van der Waals surface area contributed by atoms with Gasteiger partial charge in [-0.25, -0.2) is 0 Å². The fourth-order valence-electron chi connectivity index (χ4n) is 2.83. The van der Waals surface area contributed by atoms with Crippen molar-refractivity contribution in [3.05, 3.63) is 30.3 Å². The highest BCUT2D eigenvalue weighted by atomic mass is 35.5. The van der Waals surface area contributed by atoms with Crippen LogP contribution in [0.25, 0.3) is 0 Å². The van der Waals surface area contributed by atoms with Crippen molar-refractivity contribution in [3.63, 3.8) is 0 Å². The first-order valence-electron chi connectivity index (χ1n) is 8.01. The summed E-state index contributed by atoms with van der Waals surface area (Å²) in [7, 11) is 0. The summed E-state index contributed by atoms with van der Waals surface area (Å²) in [5.74, 6) is 0.844. The van der Waals surface area contributed by atoms with E-state index in [0.717, 1.165) is 37.8 Å². The first-order valence-corrected chi connectivity index (χ1v) is 8.01. The lowest BCUT2D eigenvalue weighted by Gasteiger charge is -2.35.